The molecule has 3 aromatic rings. The number of fused-ring (bicyclic) bond motifs is 2. The molecule has 2 heterocycles. The van der Waals surface area contributed by atoms with Gasteiger partial charge in [-0.25, -0.2) is 0 Å². The number of rotatable bonds is 2. The third-order valence-electron chi connectivity index (χ3n) is 3.85. The lowest BCUT2D eigenvalue weighted by atomic mass is 10.2. The molecule has 24 heavy (non-hydrogen) atoms. The summed E-state index contributed by atoms with van der Waals surface area (Å²) in [6.07, 6.45) is -0.534. The highest BCUT2D eigenvalue weighted by Gasteiger charge is 2.24. The second-order valence-corrected chi connectivity index (χ2v) is 5.53. The number of para-hydroxylation sites is 1. The van der Waals surface area contributed by atoms with Crippen LogP contribution < -0.4 is 15.4 Å². The topological polar surface area (TPSA) is 96.1 Å². The van der Waals surface area contributed by atoms with Gasteiger partial charge >= 0.3 is 0 Å². The number of amides is 2. The number of nitrogens with zero attached hydrogens (tertiary/aromatic N) is 1. The van der Waals surface area contributed by atoms with Crippen LogP contribution in [0.1, 0.15) is 17.4 Å². The highest BCUT2D eigenvalue weighted by molar-refractivity contribution is 6.11. The van der Waals surface area contributed by atoms with Gasteiger partial charge in [-0.15, -0.1) is 0 Å². The second-order valence-electron chi connectivity index (χ2n) is 5.53. The second kappa shape index (κ2) is 5.38. The van der Waals surface area contributed by atoms with E-state index in [1.807, 2.05) is 24.3 Å². The predicted octanol–water partition coefficient (Wildman–Crippen LogP) is 2.53. The molecule has 0 fully saturated rings. The Morgan fingerprint density at radius 3 is 2.96 bits per heavy atom. The van der Waals surface area contributed by atoms with Crippen molar-refractivity contribution in [2.24, 2.45) is 0 Å². The molecule has 7 nitrogen and oxygen atoms in total. The first-order chi connectivity index (χ1) is 11.6. The van der Waals surface area contributed by atoms with Crippen molar-refractivity contribution in [3.8, 4) is 5.75 Å². The Kier molecular flexibility index (Phi) is 3.19. The van der Waals surface area contributed by atoms with Crippen LogP contribution in [0.3, 0.4) is 0 Å². The highest BCUT2D eigenvalue weighted by Crippen LogP contribution is 2.32. The fourth-order valence-corrected chi connectivity index (χ4v) is 2.61. The summed E-state index contributed by atoms with van der Waals surface area (Å²) in [6.45, 7) is 1.68. The third-order valence-corrected chi connectivity index (χ3v) is 3.85. The molecule has 0 saturated heterocycles. The molecule has 120 valence electrons. The minimum Gasteiger partial charge on any atom is -0.479 e. The Labute approximate surface area is 137 Å². The third kappa shape index (κ3) is 2.36. The lowest BCUT2D eigenvalue weighted by molar-refractivity contribution is -0.122. The summed E-state index contributed by atoms with van der Waals surface area (Å²) >= 11 is 0. The molecule has 0 bridgehead atoms. The molecular weight excluding hydrogens is 308 g/mol. The van der Waals surface area contributed by atoms with E-state index in [9.17, 15) is 9.59 Å². The maximum Gasteiger partial charge on any atom is 0.276 e. The molecule has 1 aromatic heterocycles. The molecule has 1 aliphatic heterocycles. The van der Waals surface area contributed by atoms with Crippen molar-refractivity contribution >= 4 is 34.1 Å². The van der Waals surface area contributed by atoms with E-state index in [1.165, 1.54) is 0 Å². The number of hydrogen-bond donors (Lipinski definition) is 3. The summed E-state index contributed by atoms with van der Waals surface area (Å²) in [4.78, 5) is 24.1. The number of carbonyl (C=O) groups is 2. The van der Waals surface area contributed by atoms with Gasteiger partial charge in [-0.1, -0.05) is 18.2 Å². The van der Waals surface area contributed by atoms with Crippen molar-refractivity contribution in [1.29, 1.82) is 0 Å². The van der Waals surface area contributed by atoms with Crippen LogP contribution in [0.15, 0.2) is 42.5 Å². The summed E-state index contributed by atoms with van der Waals surface area (Å²) in [5, 5.41) is 13.2. The van der Waals surface area contributed by atoms with Crippen molar-refractivity contribution < 1.29 is 14.3 Å². The van der Waals surface area contributed by atoms with Gasteiger partial charge in [0.25, 0.3) is 11.8 Å². The number of ether oxygens (including phenoxy) is 1. The number of hydrogen-bond acceptors (Lipinski definition) is 4. The fourth-order valence-electron chi connectivity index (χ4n) is 2.61. The van der Waals surface area contributed by atoms with Crippen LogP contribution in [-0.4, -0.2) is 28.1 Å². The Balaban J connectivity index is 1.60. The first-order valence-electron chi connectivity index (χ1n) is 7.48. The summed E-state index contributed by atoms with van der Waals surface area (Å²) in [7, 11) is 0. The van der Waals surface area contributed by atoms with Gasteiger partial charge in [-0.05, 0) is 31.2 Å². The molecule has 1 atom stereocenters. The van der Waals surface area contributed by atoms with Gasteiger partial charge in [-0.3, -0.25) is 14.7 Å². The van der Waals surface area contributed by atoms with E-state index >= 15 is 0 Å². The number of aromatic amines is 1. The predicted molar refractivity (Wildman–Crippen MR) is 89.2 cm³/mol. The van der Waals surface area contributed by atoms with Crippen LogP contribution in [0.4, 0.5) is 11.4 Å². The number of H-pyrrole nitrogens is 1. The smallest absolute Gasteiger partial charge is 0.276 e. The van der Waals surface area contributed by atoms with E-state index in [1.54, 1.807) is 25.1 Å². The Morgan fingerprint density at radius 1 is 1.25 bits per heavy atom. The maximum absolute atomic E-state index is 12.5. The summed E-state index contributed by atoms with van der Waals surface area (Å²) in [5.41, 5.74) is 2.19. The van der Waals surface area contributed by atoms with Gasteiger partial charge in [0.1, 0.15) is 5.75 Å². The van der Waals surface area contributed by atoms with Gasteiger partial charge < -0.3 is 15.4 Å². The van der Waals surface area contributed by atoms with Gasteiger partial charge in [0.15, 0.2) is 11.8 Å². The van der Waals surface area contributed by atoms with Gasteiger partial charge in [0.05, 0.1) is 11.2 Å². The first kappa shape index (κ1) is 14.3. The van der Waals surface area contributed by atoms with E-state index in [0.29, 0.717) is 22.8 Å². The van der Waals surface area contributed by atoms with Crippen LogP contribution in [-0.2, 0) is 4.79 Å². The average molecular weight is 322 g/mol. The van der Waals surface area contributed by atoms with Crippen LogP contribution in [0.25, 0.3) is 10.9 Å². The zero-order valence-electron chi connectivity index (χ0n) is 12.8. The summed E-state index contributed by atoms with van der Waals surface area (Å²) < 4.78 is 5.49. The molecule has 4 rings (SSSR count). The number of benzene rings is 2. The zero-order chi connectivity index (χ0) is 16.7. The minimum absolute atomic E-state index is 0.218. The number of anilines is 2. The molecule has 1 unspecified atom stereocenters. The molecule has 0 spiro atoms. The number of nitrogens with one attached hydrogen (secondary N) is 3. The SMILES string of the molecule is CC1Oc2ccc(NC(=O)c3n[nH]c4ccccc34)cc2NC1=O. The average Bonchev–Trinajstić information content (AvgIpc) is 3.00. The van der Waals surface area contributed by atoms with Gasteiger partial charge in [0.2, 0.25) is 0 Å². The lowest BCUT2D eigenvalue weighted by Crippen LogP contribution is -2.34. The largest absolute Gasteiger partial charge is 0.479 e. The molecule has 3 N–H and O–H groups in total. The van der Waals surface area contributed by atoms with E-state index in [0.717, 1.165) is 10.9 Å². The van der Waals surface area contributed by atoms with Gasteiger partial charge in [-0.2, -0.15) is 5.10 Å². The monoisotopic (exact) mass is 322 g/mol. The summed E-state index contributed by atoms with van der Waals surface area (Å²) in [5.74, 6) is 0.0263. The summed E-state index contributed by atoms with van der Waals surface area (Å²) in [6, 6.07) is 12.5. The molecule has 0 saturated carbocycles. The van der Waals surface area contributed by atoms with Crippen molar-refractivity contribution in [3.63, 3.8) is 0 Å². The molecule has 1 aliphatic rings. The zero-order valence-corrected chi connectivity index (χ0v) is 12.8. The molecular formula is C17H14N4O3. The number of aromatic nitrogens is 2. The first-order valence-corrected chi connectivity index (χ1v) is 7.48. The van der Waals surface area contributed by atoms with E-state index in [2.05, 4.69) is 20.8 Å². The quantitative estimate of drug-likeness (QED) is 0.675. The Bertz CT molecular complexity index is 963. The van der Waals surface area contributed by atoms with Gasteiger partial charge in [0, 0.05) is 11.1 Å². The van der Waals surface area contributed by atoms with Crippen LogP contribution in [0.5, 0.6) is 5.75 Å². The van der Waals surface area contributed by atoms with Crippen LogP contribution in [0, 0.1) is 0 Å². The van der Waals surface area contributed by atoms with E-state index < -0.39 is 6.10 Å². The highest BCUT2D eigenvalue weighted by atomic mass is 16.5. The number of carbonyl (C=O) groups excluding carboxylic acids is 2. The lowest BCUT2D eigenvalue weighted by Gasteiger charge is -2.23. The Hall–Kier alpha value is -3.35. The van der Waals surface area contributed by atoms with Crippen molar-refractivity contribution in [3.05, 3.63) is 48.2 Å². The van der Waals surface area contributed by atoms with Crippen LogP contribution in [0.2, 0.25) is 0 Å². The Morgan fingerprint density at radius 2 is 2.08 bits per heavy atom. The normalized spacial score (nSPS) is 16.2. The van der Waals surface area contributed by atoms with Crippen LogP contribution >= 0.6 is 0 Å². The molecule has 0 radical (unpaired) electrons. The molecule has 2 amide bonds. The fraction of sp³-hybridized carbons (Fsp3) is 0.118. The van der Waals surface area contributed by atoms with E-state index in [4.69, 9.17) is 4.74 Å². The van der Waals surface area contributed by atoms with Crippen molar-refractivity contribution in [1.82, 2.24) is 10.2 Å². The molecule has 2 aromatic carbocycles. The minimum atomic E-state index is -0.534. The van der Waals surface area contributed by atoms with Crippen molar-refractivity contribution in [2.75, 3.05) is 10.6 Å². The van der Waals surface area contributed by atoms with E-state index in [-0.39, 0.29) is 11.8 Å². The molecule has 7 heteroatoms. The van der Waals surface area contributed by atoms with Crippen molar-refractivity contribution in [2.45, 2.75) is 13.0 Å². The maximum atomic E-state index is 12.5. The standard InChI is InChI=1S/C17H14N4O3/c1-9-16(22)19-13-8-10(6-7-14(13)24-9)18-17(23)15-11-4-2-3-5-12(11)20-21-15/h2-9H,1H3,(H,18,23)(H,19,22)(H,20,21). The molecule has 0 aliphatic carbocycles.